The van der Waals surface area contributed by atoms with E-state index in [-0.39, 0.29) is 12.7 Å². The van der Waals surface area contributed by atoms with Gasteiger partial charge in [0, 0.05) is 0 Å². The van der Waals surface area contributed by atoms with Gasteiger partial charge in [-0.25, -0.2) is 0 Å². The fraction of sp³-hybridized carbons (Fsp3) is 0.263. The molecular formula is C19H20O2. The Kier molecular flexibility index (Phi) is 4.18. The summed E-state index contributed by atoms with van der Waals surface area (Å²) in [4.78, 5) is 0. The second kappa shape index (κ2) is 6.25. The summed E-state index contributed by atoms with van der Waals surface area (Å²) in [5, 5.41) is 11.9. The molecule has 0 fully saturated rings. The molecule has 2 nitrogen and oxygen atoms in total. The lowest BCUT2D eigenvalue weighted by Gasteiger charge is -2.24. The number of fused-ring (bicyclic) bond motifs is 1. The normalized spacial score (nSPS) is 22.7. The molecule has 2 heteroatoms. The van der Waals surface area contributed by atoms with Crippen LogP contribution in [0.4, 0.5) is 0 Å². The van der Waals surface area contributed by atoms with Crippen molar-refractivity contribution >= 4 is 16.8 Å². The van der Waals surface area contributed by atoms with Gasteiger partial charge in [-0.1, -0.05) is 67.6 Å². The van der Waals surface area contributed by atoms with Crippen molar-refractivity contribution in [3.05, 3.63) is 65.8 Å². The first-order valence-corrected chi connectivity index (χ1v) is 7.37. The molecule has 1 aliphatic heterocycles. The zero-order valence-corrected chi connectivity index (χ0v) is 12.2. The van der Waals surface area contributed by atoms with Gasteiger partial charge in [0.25, 0.3) is 0 Å². The highest BCUT2D eigenvalue weighted by molar-refractivity contribution is 5.90. The molecule has 0 saturated carbocycles. The summed E-state index contributed by atoms with van der Waals surface area (Å²) < 4.78 is 5.81. The molecule has 0 saturated heterocycles. The molecule has 0 aliphatic carbocycles. The molecule has 2 unspecified atom stereocenters. The largest absolute Gasteiger partial charge is 0.392 e. The Morgan fingerprint density at radius 2 is 2.00 bits per heavy atom. The molecule has 0 spiro atoms. The predicted molar refractivity (Wildman–Crippen MR) is 87.1 cm³/mol. The lowest BCUT2D eigenvalue weighted by atomic mass is 9.99. The van der Waals surface area contributed by atoms with E-state index in [1.54, 1.807) is 0 Å². The van der Waals surface area contributed by atoms with Crippen molar-refractivity contribution in [3.63, 3.8) is 0 Å². The van der Waals surface area contributed by atoms with E-state index in [0.717, 1.165) is 5.57 Å². The molecular weight excluding hydrogens is 260 g/mol. The van der Waals surface area contributed by atoms with Crippen molar-refractivity contribution in [2.75, 3.05) is 13.2 Å². The number of hydrogen-bond donors (Lipinski definition) is 1. The Morgan fingerprint density at radius 3 is 2.86 bits per heavy atom. The predicted octanol–water partition coefficient (Wildman–Crippen LogP) is 3.81. The van der Waals surface area contributed by atoms with Crippen LogP contribution in [0.15, 0.2) is 60.2 Å². The maximum Gasteiger partial charge on any atom is 0.0992 e. The van der Waals surface area contributed by atoms with Gasteiger partial charge in [0.05, 0.1) is 19.3 Å². The zero-order valence-electron chi connectivity index (χ0n) is 12.2. The van der Waals surface area contributed by atoms with Crippen LogP contribution >= 0.6 is 0 Å². The lowest BCUT2D eigenvalue weighted by Crippen LogP contribution is -2.24. The molecule has 21 heavy (non-hydrogen) atoms. The van der Waals surface area contributed by atoms with E-state index in [2.05, 4.69) is 55.5 Å². The highest BCUT2D eigenvalue weighted by Crippen LogP contribution is 2.23. The summed E-state index contributed by atoms with van der Waals surface area (Å²) in [5.41, 5.74) is 2.12. The average Bonchev–Trinajstić information content (AvgIpc) is 2.53. The highest BCUT2D eigenvalue weighted by atomic mass is 16.5. The topological polar surface area (TPSA) is 29.5 Å². The zero-order chi connectivity index (χ0) is 14.7. The maximum absolute atomic E-state index is 9.47. The van der Waals surface area contributed by atoms with Gasteiger partial charge in [-0.3, -0.25) is 0 Å². The van der Waals surface area contributed by atoms with Crippen LogP contribution in [-0.2, 0) is 4.74 Å². The van der Waals surface area contributed by atoms with Gasteiger partial charge in [0.2, 0.25) is 0 Å². The van der Waals surface area contributed by atoms with Crippen LogP contribution in [0.5, 0.6) is 0 Å². The van der Waals surface area contributed by atoms with Crippen molar-refractivity contribution in [3.8, 4) is 0 Å². The summed E-state index contributed by atoms with van der Waals surface area (Å²) in [7, 11) is 0. The fourth-order valence-corrected chi connectivity index (χ4v) is 2.78. The first-order chi connectivity index (χ1) is 10.3. The molecule has 1 N–H and O–H groups in total. The van der Waals surface area contributed by atoms with Gasteiger partial charge in [0.15, 0.2) is 0 Å². The third-order valence-electron chi connectivity index (χ3n) is 3.86. The van der Waals surface area contributed by atoms with E-state index < -0.39 is 0 Å². The van der Waals surface area contributed by atoms with Crippen molar-refractivity contribution in [1.29, 1.82) is 0 Å². The van der Waals surface area contributed by atoms with Crippen molar-refractivity contribution in [2.24, 2.45) is 5.92 Å². The van der Waals surface area contributed by atoms with Gasteiger partial charge in [-0.15, -0.1) is 0 Å². The molecule has 0 radical (unpaired) electrons. The van der Waals surface area contributed by atoms with Crippen LogP contribution in [0.25, 0.3) is 16.8 Å². The second-order valence-corrected chi connectivity index (χ2v) is 5.56. The molecule has 2 aromatic carbocycles. The van der Waals surface area contributed by atoms with Crippen molar-refractivity contribution in [2.45, 2.75) is 13.0 Å². The van der Waals surface area contributed by atoms with E-state index in [9.17, 15) is 5.11 Å². The summed E-state index contributed by atoms with van der Waals surface area (Å²) in [6.45, 7) is 2.85. The SMILES string of the molecule is CC1C=C(CO)C(/C=C/c2cccc3ccccc23)OC1. The third kappa shape index (κ3) is 3.07. The minimum absolute atomic E-state index is 0.0505. The van der Waals surface area contributed by atoms with Crippen LogP contribution in [0.2, 0.25) is 0 Å². The van der Waals surface area contributed by atoms with Crippen LogP contribution in [0.1, 0.15) is 12.5 Å². The smallest absolute Gasteiger partial charge is 0.0992 e. The Hall–Kier alpha value is -1.90. The first kappa shape index (κ1) is 14.1. The number of ether oxygens (including phenoxy) is 1. The summed E-state index contributed by atoms with van der Waals surface area (Å²) in [6.07, 6.45) is 6.12. The minimum Gasteiger partial charge on any atom is -0.392 e. The molecule has 1 heterocycles. The Morgan fingerprint density at radius 1 is 1.19 bits per heavy atom. The van der Waals surface area contributed by atoms with Gasteiger partial charge in [-0.2, -0.15) is 0 Å². The summed E-state index contributed by atoms with van der Waals surface area (Å²) in [6, 6.07) is 14.6. The van der Waals surface area contributed by atoms with Crippen LogP contribution in [-0.4, -0.2) is 24.4 Å². The first-order valence-electron chi connectivity index (χ1n) is 7.37. The lowest BCUT2D eigenvalue weighted by molar-refractivity contribution is 0.0707. The number of hydrogen-bond acceptors (Lipinski definition) is 2. The second-order valence-electron chi connectivity index (χ2n) is 5.56. The van der Waals surface area contributed by atoms with Gasteiger partial charge >= 0.3 is 0 Å². The van der Waals surface area contributed by atoms with Crippen molar-refractivity contribution < 1.29 is 9.84 Å². The molecule has 0 amide bonds. The number of benzene rings is 2. The molecule has 1 aliphatic rings. The van der Waals surface area contributed by atoms with Crippen LogP contribution in [0, 0.1) is 5.92 Å². The Bertz CT molecular complexity index is 680. The number of rotatable bonds is 3. The highest BCUT2D eigenvalue weighted by Gasteiger charge is 2.18. The molecule has 0 aromatic heterocycles. The standard InChI is InChI=1S/C19H20O2/c1-14-11-17(12-20)19(21-13-14)10-9-16-7-4-6-15-5-2-3-8-18(15)16/h2-11,14,19-20H,12-13H2,1H3/b10-9+. The average molecular weight is 280 g/mol. The molecule has 0 bridgehead atoms. The van der Waals surface area contributed by atoms with E-state index >= 15 is 0 Å². The van der Waals surface area contributed by atoms with Gasteiger partial charge in [0.1, 0.15) is 0 Å². The molecule has 2 atom stereocenters. The van der Waals surface area contributed by atoms with E-state index in [0.29, 0.717) is 12.5 Å². The molecule has 3 rings (SSSR count). The number of aliphatic hydroxyl groups excluding tert-OH is 1. The number of aliphatic hydroxyl groups is 1. The maximum atomic E-state index is 9.47. The quantitative estimate of drug-likeness (QED) is 0.866. The fourth-order valence-electron chi connectivity index (χ4n) is 2.78. The van der Waals surface area contributed by atoms with Crippen LogP contribution < -0.4 is 0 Å². The Labute approximate surface area is 125 Å². The minimum atomic E-state index is -0.120. The summed E-state index contributed by atoms with van der Waals surface area (Å²) in [5.74, 6) is 0.370. The third-order valence-corrected chi connectivity index (χ3v) is 3.86. The summed E-state index contributed by atoms with van der Waals surface area (Å²) >= 11 is 0. The Balaban J connectivity index is 1.90. The van der Waals surface area contributed by atoms with E-state index in [1.807, 2.05) is 12.1 Å². The van der Waals surface area contributed by atoms with Crippen LogP contribution in [0.3, 0.4) is 0 Å². The molecule has 2 aromatic rings. The monoisotopic (exact) mass is 280 g/mol. The van der Waals surface area contributed by atoms with Crippen molar-refractivity contribution in [1.82, 2.24) is 0 Å². The van der Waals surface area contributed by atoms with Gasteiger partial charge in [-0.05, 0) is 27.8 Å². The van der Waals surface area contributed by atoms with Gasteiger partial charge < -0.3 is 9.84 Å². The molecule has 108 valence electrons. The van der Waals surface area contributed by atoms with E-state index in [1.165, 1.54) is 16.3 Å². The van der Waals surface area contributed by atoms with E-state index in [4.69, 9.17) is 4.74 Å².